The van der Waals surface area contributed by atoms with Gasteiger partial charge in [-0.2, -0.15) is 5.10 Å². The quantitative estimate of drug-likeness (QED) is 0.838. The largest absolute Gasteiger partial charge is 0.391 e. The number of β-amino-alcohol motifs (C(OH)–C–C–N with tert-alkyl or cyclic N) is 1. The van der Waals surface area contributed by atoms with Gasteiger partial charge in [0.25, 0.3) is 0 Å². The van der Waals surface area contributed by atoms with Gasteiger partial charge in [0.1, 0.15) is 0 Å². The van der Waals surface area contributed by atoms with E-state index in [4.69, 9.17) is 0 Å². The molecule has 0 aliphatic carbocycles. The maximum atomic E-state index is 9.59. The molecular weight excluding hydrogens is 202 g/mol. The standard InChI is InChI=1S/C12H19N3O/c1-2-4-10-6-7-12(14-13-10)15-8-3-5-11(16)9-15/h6-7,11,16H,2-5,8-9H2,1H3. The lowest BCUT2D eigenvalue weighted by Gasteiger charge is -2.30. The third-order valence-electron chi connectivity index (χ3n) is 2.93. The monoisotopic (exact) mass is 221 g/mol. The molecule has 1 unspecified atom stereocenters. The number of anilines is 1. The highest BCUT2D eigenvalue weighted by atomic mass is 16.3. The predicted molar refractivity (Wildman–Crippen MR) is 63.5 cm³/mol. The Morgan fingerprint density at radius 1 is 1.44 bits per heavy atom. The highest BCUT2D eigenvalue weighted by Crippen LogP contribution is 2.17. The lowest BCUT2D eigenvalue weighted by Crippen LogP contribution is -2.38. The Morgan fingerprint density at radius 3 is 2.94 bits per heavy atom. The molecule has 0 spiro atoms. The van der Waals surface area contributed by atoms with Crippen LogP contribution in [0.3, 0.4) is 0 Å². The molecule has 1 N–H and O–H groups in total. The summed E-state index contributed by atoms with van der Waals surface area (Å²) in [5, 5.41) is 18.0. The molecule has 88 valence electrons. The normalized spacial score (nSPS) is 21.1. The molecule has 0 saturated carbocycles. The van der Waals surface area contributed by atoms with Crippen molar-refractivity contribution >= 4 is 5.82 Å². The number of aliphatic hydroxyl groups excluding tert-OH is 1. The fourth-order valence-electron chi connectivity index (χ4n) is 2.07. The maximum Gasteiger partial charge on any atom is 0.151 e. The minimum Gasteiger partial charge on any atom is -0.391 e. The summed E-state index contributed by atoms with van der Waals surface area (Å²) in [7, 11) is 0. The zero-order valence-electron chi connectivity index (χ0n) is 9.76. The highest BCUT2D eigenvalue weighted by Gasteiger charge is 2.18. The molecule has 2 heterocycles. The Hall–Kier alpha value is -1.16. The molecule has 0 amide bonds. The van der Waals surface area contributed by atoms with Crippen molar-refractivity contribution in [3.8, 4) is 0 Å². The van der Waals surface area contributed by atoms with Gasteiger partial charge in [0, 0.05) is 13.1 Å². The van der Waals surface area contributed by atoms with E-state index in [9.17, 15) is 5.11 Å². The lowest BCUT2D eigenvalue weighted by molar-refractivity contribution is 0.154. The second-order valence-electron chi connectivity index (χ2n) is 4.37. The van der Waals surface area contributed by atoms with Crippen LogP contribution in [-0.4, -0.2) is 34.5 Å². The predicted octanol–water partition coefficient (Wildman–Crippen LogP) is 1.39. The number of hydrogen-bond acceptors (Lipinski definition) is 4. The van der Waals surface area contributed by atoms with Crippen molar-refractivity contribution in [3.63, 3.8) is 0 Å². The van der Waals surface area contributed by atoms with Crippen LogP contribution in [0, 0.1) is 0 Å². The van der Waals surface area contributed by atoms with Crippen molar-refractivity contribution in [2.24, 2.45) is 0 Å². The van der Waals surface area contributed by atoms with E-state index in [-0.39, 0.29) is 6.10 Å². The number of aliphatic hydroxyl groups is 1. The summed E-state index contributed by atoms with van der Waals surface area (Å²) < 4.78 is 0. The van der Waals surface area contributed by atoms with Gasteiger partial charge in [0.15, 0.2) is 5.82 Å². The molecule has 1 saturated heterocycles. The van der Waals surface area contributed by atoms with Gasteiger partial charge in [0.05, 0.1) is 11.8 Å². The number of nitrogens with zero attached hydrogens (tertiary/aromatic N) is 3. The Labute approximate surface area is 96.3 Å². The smallest absolute Gasteiger partial charge is 0.151 e. The number of rotatable bonds is 3. The van der Waals surface area contributed by atoms with Crippen LogP contribution < -0.4 is 4.90 Å². The van der Waals surface area contributed by atoms with Gasteiger partial charge >= 0.3 is 0 Å². The molecule has 1 aromatic rings. The summed E-state index contributed by atoms with van der Waals surface area (Å²) in [6, 6.07) is 4.04. The van der Waals surface area contributed by atoms with E-state index < -0.39 is 0 Å². The van der Waals surface area contributed by atoms with E-state index in [1.165, 1.54) is 0 Å². The van der Waals surface area contributed by atoms with Crippen molar-refractivity contribution in [1.82, 2.24) is 10.2 Å². The highest BCUT2D eigenvalue weighted by molar-refractivity contribution is 5.38. The summed E-state index contributed by atoms with van der Waals surface area (Å²) >= 11 is 0. The van der Waals surface area contributed by atoms with E-state index in [0.717, 1.165) is 43.7 Å². The first-order valence-electron chi connectivity index (χ1n) is 6.05. The first-order valence-corrected chi connectivity index (χ1v) is 6.05. The SMILES string of the molecule is CCCc1ccc(N2CCCC(O)C2)nn1. The molecule has 1 aromatic heterocycles. The zero-order chi connectivity index (χ0) is 11.4. The zero-order valence-corrected chi connectivity index (χ0v) is 9.76. The Kier molecular flexibility index (Phi) is 3.72. The summed E-state index contributed by atoms with van der Waals surface area (Å²) in [5.74, 6) is 0.888. The number of piperidine rings is 1. The van der Waals surface area contributed by atoms with Crippen LogP contribution in [-0.2, 0) is 6.42 Å². The van der Waals surface area contributed by atoms with E-state index in [0.29, 0.717) is 6.54 Å². The molecule has 4 heteroatoms. The third kappa shape index (κ3) is 2.70. The van der Waals surface area contributed by atoms with E-state index in [1.54, 1.807) is 0 Å². The molecule has 1 fully saturated rings. The van der Waals surface area contributed by atoms with Crippen molar-refractivity contribution in [2.45, 2.75) is 38.7 Å². The van der Waals surface area contributed by atoms with E-state index in [1.807, 2.05) is 12.1 Å². The van der Waals surface area contributed by atoms with Crippen molar-refractivity contribution in [2.75, 3.05) is 18.0 Å². The maximum absolute atomic E-state index is 9.59. The molecular formula is C12H19N3O. The van der Waals surface area contributed by atoms with Crippen LogP contribution in [0.1, 0.15) is 31.9 Å². The van der Waals surface area contributed by atoms with Gasteiger partial charge in [0.2, 0.25) is 0 Å². The Morgan fingerprint density at radius 2 is 2.31 bits per heavy atom. The fraction of sp³-hybridized carbons (Fsp3) is 0.667. The summed E-state index contributed by atoms with van der Waals surface area (Å²) in [6.45, 7) is 3.79. The van der Waals surface area contributed by atoms with Crippen LogP contribution in [0.5, 0.6) is 0 Å². The molecule has 1 atom stereocenters. The number of aromatic nitrogens is 2. The average molecular weight is 221 g/mol. The molecule has 1 aliphatic heterocycles. The summed E-state index contributed by atoms with van der Waals surface area (Å²) in [5.41, 5.74) is 1.05. The third-order valence-corrected chi connectivity index (χ3v) is 2.93. The van der Waals surface area contributed by atoms with Crippen molar-refractivity contribution < 1.29 is 5.11 Å². The van der Waals surface area contributed by atoms with Crippen molar-refractivity contribution in [3.05, 3.63) is 17.8 Å². The summed E-state index contributed by atoms with van der Waals surface area (Å²) in [6.07, 6.45) is 3.79. The second kappa shape index (κ2) is 5.25. The average Bonchev–Trinajstić information content (AvgIpc) is 2.30. The van der Waals surface area contributed by atoms with E-state index in [2.05, 4.69) is 22.0 Å². The fourth-order valence-corrected chi connectivity index (χ4v) is 2.07. The van der Waals surface area contributed by atoms with Gasteiger partial charge in [-0.05, 0) is 31.4 Å². The van der Waals surface area contributed by atoms with Crippen LogP contribution in [0.2, 0.25) is 0 Å². The molecule has 0 aromatic carbocycles. The van der Waals surface area contributed by atoms with Crippen LogP contribution in [0.4, 0.5) is 5.82 Å². The minimum absolute atomic E-state index is 0.217. The topological polar surface area (TPSA) is 49.2 Å². The Bertz CT molecular complexity index is 326. The van der Waals surface area contributed by atoms with Gasteiger partial charge in [-0.1, -0.05) is 13.3 Å². The molecule has 4 nitrogen and oxygen atoms in total. The number of hydrogen-bond donors (Lipinski definition) is 1. The second-order valence-corrected chi connectivity index (χ2v) is 4.37. The van der Waals surface area contributed by atoms with Gasteiger partial charge in [-0.15, -0.1) is 5.10 Å². The van der Waals surface area contributed by atoms with Crippen LogP contribution >= 0.6 is 0 Å². The van der Waals surface area contributed by atoms with E-state index >= 15 is 0 Å². The van der Waals surface area contributed by atoms with Gasteiger partial charge in [-0.25, -0.2) is 0 Å². The molecule has 16 heavy (non-hydrogen) atoms. The minimum atomic E-state index is -0.217. The van der Waals surface area contributed by atoms with Crippen molar-refractivity contribution in [1.29, 1.82) is 0 Å². The molecule has 2 rings (SSSR count). The van der Waals surface area contributed by atoms with Crippen LogP contribution in [0.15, 0.2) is 12.1 Å². The molecule has 1 aliphatic rings. The Balaban J connectivity index is 2.03. The number of aryl methyl sites for hydroxylation is 1. The van der Waals surface area contributed by atoms with Gasteiger partial charge < -0.3 is 10.0 Å². The first-order chi connectivity index (χ1) is 7.79. The lowest BCUT2D eigenvalue weighted by atomic mass is 10.1. The first kappa shape index (κ1) is 11.3. The summed E-state index contributed by atoms with van der Waals surface area (Å²) in [4.78, 5) is 2.11. The van der Waals surface area contributed by atoms with Gasteiger partial charge in [-0.3, -0.25) is 0 Å². The molecule has 0 bridgehead atoms. The molecule has 0 radical (unpaired) electrons. The van der Waals surface area contributed by atoms with Crippen LogP contribution in [0.25, 0.3) is 0 Å².